The molecule has 3 rings (SSSR count). The maximum atomic E-state index is 12.9. The number of hydrogen-bond donors (Lipinski definition) is 0. The first-order valence-corrected chi connectivity index (χ1v) is 9.75. The van der Waals surface area contributed by atoms with Crippen molar-refractivity contribution in [2.24, 2.45) is 0 Å². The fraction of sp³-hybridized carbons (Fsp3) is 0.500. The Morgan fingerprint density at radius 2 is 1.85 bits per heavy atom. The first kappa shape index (κ1) is 19.8. The van der Waals surface area contributed by atoms with Gasteiger partial charge in [-0.15, -0.1) is 0 Å². The Kier molecular flexibility index (Phi) is 5.28. The van der Waals surface area contributed by atoms with Crippen LogP contribution in [0.25, 0.3) is 0 Å². The molecular formula is C16H19F3N4O3S. The Labute approximate surface area is 154 Å². The molecule has 1 aromatic heterocycles. The number of rotatable bonds is 4. The van der Waals surface area contributed by atoms with Gasteiger partial charge in [0.1, 0.15) is 0 Å². The number of alkyl halides is 3. The van der Waals surface area contributed by atoms with Crippen molar-refractivity contribution in [2.75, 3.05) is 26.2 Å². The zero-order valence-electron chi connectivity index (χ0n) is 14.8. The van der Waals surface area contributed by atoms with Crippen molar-refractivity contribution < 1.29 is 26.1 Å². The molecule has 1 atom stereocenters. The van der Waals surface area contributed by atoms with Crippen LogP contribution in [0.1, 0.15) is 30.2 Å². The van der Waals surface area contributed by atoms with Crippen molar-refractivity contribution in [1.29, 1.82) is 0 Å². The van der Waals surface area contributed by atoms with Gasteiger partial charge in [0.25, 0.3) is 0 Å². The second-order valence-corrected chi connectivity index (χ2v) is 8.26. The van der Waals surface area contributed by atoms with Gasteiger partial charge in [0.2, 0.25) is 15.9 Å². The van der Waals surface area contributed by atoms with E-state index in [4.69, 9.17) is 4.52 Å². The second kappa shape index (κ2) is 7.21. The molecule has 27 heavy (non-hydrogen) atoms. The van der Waals surface area contributed by atoms with Gasteiger partial charge in [0.15, 0.2) is 5.82 Å². The Hall–Kier alpha value is -1.98. The predicted molar refractivity (Wildman–Crippen MR) is 89.2 cm³/mol. The van der Waals surface area contributed by atoms with Crippen LogP contribution >= 0.6 is 0 Å². The molecule has 2 heterocycles. The number of aromatic nitrogens is 2. The van der Waals surface area contributed by atoms with E-state index in [1.165, 1.54) is 10.4 Å². The summed E-state index contributed by atoms with van der Waals surface area (Å²) < 4.78 is 70.4. The standard InChI is InChI=1S/C16H19F3N4O3S/c1-11(15-20-12(2)21-26-15)22-6-8-23(9-7-22)27(24,25)14-5-3-4-13(10-14)16(17,18)19/h3-5,10-11H,6-9H2,1-2H3. The van der Waals surface area contributed by atoms with Gasteiger partial charge in [0.05, 0.1) is 16.5 Å². The van der Waals surface area contributed by atoms with Gasteiger partial charge < -0.3 is 4.52 Å². The van der Waals surface area contributed by atoms with Crippen molar-refractivity contribution in [3.63, 3.8) is 0 Å². The van der Waals surface area contributed by atoms with Crippen molar-refractivity contribution in [3.8, 4) is 0 Å². The van der Waals surface area contributed by atoms with Gasteiger partial charge in [-0.2, -0.15) is 22.5 Å². The highest BCUT2D eigenvalue weighted by Crippen LogP contribution is 2.31. The molecule has 0 spiro atoms. The third-order valence-electron chi connectivity index (χ3n) is 4.52. The monoisotopic (exact) mass is 404 g/mol. The van der Waals surface area contributed by atoms with E-state index in [1.54, 1.807) is 6.92 Å². The molecule has 11 heteroatoms. The van der Waals surface area contributed by atoms with E-state index in [2.05, 4.69) is 10.1 Å². The molecule has 1 unspecified atom stereocenters. The van der Waals surface area contributed by atoms with Crippen LogP contribution < -0.4 is 0 Å². The third kappa shape index (κ3) is 4.14. The summed E-state index contributed by atoms with van der Waals surface area (Å²) >= 11 is 0. The normalized spacial score (nSPS) is 18.6. The molecule has 1 aromatic carbocycles. The topological polar surface area (TPSA) is 79.5 Å². The minimum absolute atomic E-state index is 0.163. The van der Waals surface area contributed by atoms with Crippen LogP contribution in [0.2, 0.25) is 0 Å². The number of hydrogen-bond acceptors (Lipinski definition) is 6. The Morgan fingerprint density at radius 1 is 1.19 bits per heavy atom. The van der Waals surface area contributed by atoms with Gasteiger partial charge in [-0.1, -0.05) is 11.2 Å². The molecule has 0 N–H and O–H groups in total. The maximum Gasteiger partial charge on any atom is 0.416 e. The number of piperazine rings is 1. The smallest absolute Gasteiger partial charge is 0.338 e. The summed E-state index contributed by atoms with van der Waals surface area (Å²) in [6, 6.07) is 3.63. The molecule has 0 saturated carbocycles. The molecule has 0 aliphatic carbocycles. The van der Waals surface area contributed by atoms with Crippen molar-refractivity contribution >= 4 is 10.0 Å². The number of sulfonamides is 1. The second-order valence-electron chi connectivity index (χ2n) is 6.32. The minimum Gasteiger partial charge on any atom is -0.338 e. The zero-order chi connectivity index (χ0) is 19.8. The molecule has 7 nitrogen and oxygen atoms in total. The minimum atomic E-state index is -4.60. The number of aryl methyl sites for hydroxylation is 1. The van der Waals surface area contributed by atoms with Crippen molar-refractivity contribution in [1.82, 2.24) is 19.3 Å². The quantitative estimate of drug-likeness (QED) is 0.779. The van der Waals surface area contributed by atoms with E-state index in [-0.39, 0.29) is 24.0 Å². The summed E-state index contributed by atoms with van der Waals surface area (Å²) in [6.07, 6.45) is -4.60. The molecular weight excluding hydrogens is 385 g/mol. The summed E-state index contributed by atoms with van der Waals surface area (Å²) in [4.78, 5) is 5.81. The van der Waals surface area contributed by atoms with Crippen LogP contribution in [0.4, 0.5) is 13.2 Å². The van der Waals surface area contributed by atoms with E-state index < -0.39 is 21.8 Å². The van der Waals surface area contributed by atoms with Crippen molar-refractivity contribution in [2.45, 2.75) is 31.0 Å². The van der Waals surface area contributed by atoms with E-state index >= 15 is 0 Å². The van der Waals surface area contributed by atoms with E-state index in [0.29, 0.717) is 30.9 Å². The van der Waals surface area contributed by atoms with Gasteiger partial charge in [-0.05, 0) is 32.0 Å². The summed E-state index contributed by atoms with van der Waals surface area (Å²) in [5, 5.41) is 3.74. The molecule has 1 fully saturated rings. The fourth-order valence-corrected chi connectivity index (χ4v) is 4.42. The molecule has 1 aliphatic rings. The first-order valence-electron chi connectivity index (χ1n) is 8.30. The lowest BCUT2D eigenvalue weighted by Crippen LogP contribution is -2.49. The van der Waals surface area contributed by atoms with Gasteiger partial charge >= 0.3 is 6.18 Å². The lowest BCUT2D eigenvalue weighted by Gasteiger charge is -2.36. The van der Waals surface area contributed by atoms with Crippen LogP contribution in [0.3, 0.4) is 0 Å². The Morgan fingerprint density at radius 3 is 2.41 bits per heavy atom. The highest BCUT2D eigenvalue weighted by molar-refractivity contribution is 7.89. The van der Waals surface area contributed by atoms with E-state index in [0.717, 1.165) is 12.1 Å². The lowest BCUT2D eigenvalue weighted by molar-refractivity contribution is -0.137. The predicted octanol–water partition coefficient (Wildman–Crippen LogP) is 2.46. The van der Waals surface area contributed by atoms with Crippen LogP contribution in [-0.4, -0.2) is 53.9 Å². The molecule has 0 radical (unpaired) electrons. The number of halogens is 3. The summed E-state index contributed by atoms with van der Waals surface area (Å²) in [7, 11) is -4.00. The van der Waals surface area contributed by atoms with Crippen LogP contribution in [-0.2, 0) is 16.2 Å². The van der Waals surface area contributed by atoms with E-state index in [9.17, 15) is 21.6 Å². The van der Waals surface area contributed by atoms with Crippen LogP contribution in [0, 0.1) is 6.92 Å². The van der Waals surface area contributed by atoms with Gasteiger partial charge in [-0.3, -0.25) is 4.90 Å². The lowest BCUT2D eigenvalue weighted by atomic mass is 10.2. The first-order chi connectivity index (χ1) is 12.6. The summed E-state index contributed by atoms with van der Waals surface area (Å²) in [6.45, 7) is 4.72. The number of nitrogens with zero attached hydrogens (tertiary/aromatic N) is 4. The number of benzene rings is 1. The van der Waals surface area contributed by atoms with Gasteiger partial charge in [0, 0.05) is 26.2 Å². The average Bonchev–Trinajstić information content (AvgIpc) is 3.07. The van der Waals surface area contributed by atoms with Crippen molar-refractivity contribution in [3.05, 3.63) is 41.5 Å². The average molecular weight is 404 g/mol. The maximum absolute atomic E-state index is 12.9. The summed E-state index contributed by atoms with van der Waals surface area (Å²) in [5.74, 6) is 0.962. The van der Waals surface area contributed by atoms with Gasteiger partial charge in [-0.25, -0.2) is 8.42 Å². The van der Waals surface area contributed by atoms with Crippen LogP contribution in [0.5, 0.6) is 0 Å². The molecule has 148 valence electrons. The fourth-order valence-electron chi connectivity index (χ4n) is 2.95. The Bertz CT molecular complexity index is 906. The largest absolute Gasteiger partial charge is 0.416 e. The van der Waals surface area contributed by atoms with E-state index in [1.807, 2.05) is 11.8 Å². The Balaban J connectivity index is 1.71. The molecule has 0 amide bonds. The van der Waals surface area contributed by atoms with Crippen LogP contribution in [0.15, 0.2) is 33.7 Å². The molecule has 0 bridgehead atoms. The molecule has 1 aliphatic heterocycles. The SMILES string of the molecule is Cc1noc(C(C)N2CCN(S(=O)(=O)c3cccc(C(F)(F)F)c3)CC2)n1. The molecule has 2 aromatic rings. The summed E-state index contributed by atoms with van der Waals surface area (Å²) in [5.41, 5.74) is -0.984. The zero-order valence-corrected chi connectivity index (χ0v) is 15.6. The highest BCUT2D eigenvalue weighted by Gasteiger charge is 2.35. The third-order valence-corrected chi connectivity index (χ3v) is 6.42. The molecule has 1 saturated heterocycles. The highest BCUT2D eigenvalue weighted by atomic mass is 32.2.